The van der Waals surface area contributed by atoms with E-state index in [1.807, 2.05) is 5.48 Å². The number of carbonyl (C=O) groups excluding carboxylic acids is 2. The SMILES string of the molecule is CNC(=O)CONC(=O)c1cccc(F)c1. The summed E-state index contributed by atoms with van der Waals surface area (Å²) in [5.74, 6) is -1.50. The average Bonchev–Trinajstić information content (AvgIpc) is 2.28. The van der Waals surface area contributed by atoms with Gasteiger partial charge in [0, 0.05) is 12.6 Å². The summed E-state index contributed by atoms with van der Waals surface area (Å²) in [6, 6.07) is 5.13. The van der Waals surface area contributed by atoms with Crippen molar-refractivity contribution in [2.24, 2.45) is 0 Å². The Morgan fingerprint density at radius 3 is 2.81 bits per heavy atom. The molecular weight excluding hydrogens is 215 g/mol. The molecule has 16 heavy (non-hydrogen) atoms. The Kier molecular flexibility index (Phi) is 4.41. The van der Waals surface area contributed by atoms with Crippen molar-refractivity contribution in [2.75, 3.05) is 13.7 Å². The zero-order chi connectivity index (χ0) is 12.0. The highest BCUT2D eigenvalue weighted by molar-refractivity contribution is 5.93. The number of carbonyl (C=O) groups is 2. The van der Waals surface area contributed by atoms with E-state index >= 15 is 0 Å². The van der Waals surface area contributed by atoms with Crippen molar-refractivity contribution in [1.29, 1.82) is 0 Å². The Balaban J connectivity index is 2.44. The summed E-state index contributed by atoms with van der Waals surface area (Å²) in [6.07, 6.45) is 0. The Morgan fingerprint density at radius 1 is 1.44 bits per heavy atom. The van der Waals surface area contributed by atoms with Crippen LogP contribution in [0.2, 0.25) is 0 Å². The summed E-state index contributed by atoms with van der Waals surface area (Å²) in [5, 5.41) is 2.31. The second-order valence-corrected chi connectivity index (χ2v) is 2.90. The topological polar surface area (TPSA) is 67.4 Å². The molecule has 0 aliphatic heterocycles. The predicted octanol–water partition coefficient (Wildman–Crippen LogP) is 0.233. The van der Waals surface area contributed by atoms with Crippen LogP contribution in [0.15, 0.2) is 24.3 Å². The average molecular weight is 226 g/mol. The van der Waals surface area contributed by atoms with Crippen molar-refractivity contribution in [1.82, 2.24) is 10.8 Å². The van der Waals surface area contributed by atoms with E-state index in [4.69, 9.17) is 0 Å². The summed E-state index contributed by atoms with van der Waals surface area (Å²) in [4.78, 5) is 26.7. The fraction of sp³-hybridized carbons (Fsp3) is 0.200. The molecule has 0 radical (unpaired) electrons. The van der Waals surface area contributed by atoms with Crippen molar-refractivity contribution < 1.29 is 18.8 Å². The van der Waals surface area contributed by atoms with Gasteiger partial charge in [-0.1, -0.05) is 6.07 Å². The van der Waals surface area contributed by atoms with Gasteiger partial charge in [0.05, 0.1) is 0 Å². The summed E-state index contributed by atoms with van der Waals surface area (Å²) >= 11 is 0. The molecule has 2 N–H and O–H groups in total. The molecule has 0 aliphatic rings. The maximum absolute atomic E-state index is 12.7. The van der Waals surface area contributed by atoms with Crippen LogP contribution >= 0.6 is 0 Å². The summed E-state index contributed by atoms with van der Waals surface area (Å²) < 4.78 is 12.7. The number of halogens is 1. The largest absolute Gasteiger partial charge is 0.357 e. The lowest BCUT2D eigenvalue weighted by molar-refractivity contribution is -0.126. The highest BCUT2D eigenvalue weighted by atomic mass is 19.1. The molecule has 1 aromatic rings. The standard InChI is InChI=1S/C10H11FN2O3/c1-12-9(14)6-16-13-10(15)7-3-2-4-8(11)5-7/h2-5H,6H2,1H3,(H,12,14)(H,13,15). The second kappa shape index (κ2) is 5.82. The van der Waals surface area contributed by atoms with Crippen molar-refractivity contribution in [3.63, 3.8) is 0 Å². The van der Waals surface area contributed by atoms with Crippen LogP contribution in [-0.4, -0.2) is 25.5 Å². The molecule has 0 aromatic heterocycles. The fourth-order valence-corrected chi connectivity index (χ4v) is 0.928. The molecule has 1 rings (SSSR count). The first-order chi connectivity index (χ1) is 7.63. The Labute approximate surface area is 91.5 Å². The number of amides is 2. The van der Waals surface area contributed by atoms with Crippen LogP contribution in [0, 0.1) is 5.82 Å². The first kappa shape index (κ1) is 12.1. The van der Waals surface area contributed by atoms with Gasteiger partial charge in [-0.2, -0.15) is 0 Å². The van der Waals surface area contributed by atoms with Crippen LogP contribution in [0.3, 0.4) is 0 Å². The lowest BCUT2D eigenvalue weighted by Gasteiger charge is -2.04. The van der Waals surface area contributed by atoms with E-state index in [0.29, 0.717) is 0 Å². The third-order valence-corrected chi connectivity index (χ3v) is 1.73. The maximum Gasteiger partial charge on any atom is 0.274 e. The van der Waals surface area contributed by atoms with E-state index in [1.165, 1.54) is 25.2 Å². The third-order valence-electron chi connectivity index (χ3n) is 1.73. The second-order valence-electron chi connectivity index (χ2n) is 2.90. The highest BCUT2D eigenvalue weighted by Gasteiger charge is 2.06. The van der Waals surface area contributed by atoms with Crippen molar-refractivity contribution >= 4 is 11.8 Å². The van der Waals surface area contributed by atoms with Crippen LogP contribution in [0.25, 0.3) is 0 Å². The molecule has 0 fully saturated rings. The van der Waals surface area contributed by atoms with Gasteiger partial charge in [-0.3, -0.25) is 14.4 Å². The highest BCUT2D eigenvalue weighted by Crippen LogP contribution is 2.02. The number of benzene rings is 1. The minimum absolute atomic E-state index is 0.122. The molecule has 5 nitrogen and oxygen atoms in total. The van der Waals surface area contributed by atoms with Gasteiger partial charge in [0.25, 0.3) is 5.91 Å². The predicted molar refractivity (Wildman–Crippen MR) is 53.9 cm³/mol. The molecule has 2 amide bonds. The number of rotatable bonds is 4. The Morgan fingerprint density at radius 2 is 2.19 bits per heavy atom. The van der Waals surface area contributed by atoms with Crippen molar-refractivity contribution in [3.8, 4) is 0 Å². The van der Waals surface area contributed by atoms with Gasteiger partial charge in [0.1, 0.15) is 5.82 Å². The monoisotopic (exact) mass is 226 g/mol. The van der Waals surface area contributed by atoms with E-state index < -0.39 is 11.7 Å². The van der Waals surface area contributed by atoms with Crippen LogP contribution in [0.4, 0.5) is 4.39 Å². The molecule has 0 heterocycles. The van der Waals surface area contributed by atoms with E-state index in [2.05, 4.69) is 10.2 Å². The lowest BCUT2D eigenvalue weighted by Crippen LogP contribution is -2.31. The molecule has 0 saturated heterocycles. The summed E-state index contributed by atoms with van der Waals surface area (Å²) in [6.45, 7) is -0.294. The van der Waals surface area contributed by atoms with Gasteiger partial charge in [0.15, 0.2) is 6.61 Å². The van der Waals surface area contributed by atoms with Gasteiger partial charge in [0.2, 0.25) is 5.91 Å². The summed E-state index contributed by atoms with van der Waals surface area (Å²) in [5.41, 5.74) is 2.15. The molecular formula is C10H11FN2O3. The molecule has 6 heteroatoms. The maximum atomic E-state index is 12.7. The normalized spacial score (nSPS) is 9.62. The first-order valence-corrected chi connectivity index (χ1v) is 4.51. The minimum Gasteiger partial charge on any atom is -0.357 e. The number of likely N-dealkylation sites (N-methyl/N-ethyl adjacent to an activating group) is 1. The first-order valence-electron chi connectivity index (χ1n) is 4.51. The number of hydrogen-bond donors (Lipinski definition) is 2. The fourth-order valence-electron chi connectivity index (χ4n) is 0.928. The minimum atomic E-state index is -0.608. The number of hydroxylamine groups is 1. The number of nitrogens with one attached hydrogen (secondary N) is 2. The van der Waals surface area contributed by atoms with Crippen LogP contribution in [0.5, 0.6) is 0 Å². The van der Waals surface area contributed by atoms with Crippen molar-refractivity contribution in [2.45, 2.75) is 0 Å². The molecule has 0 bridgehead atoms. The van der Waals surface area contributed by atoms with Crippen molar-refractivity contribution in [3.05, 3.63) is 35.6 Å². The smallest absolute Gasteiger partial charge is 0.274 e. The lowest BCUT2D eigenvalue weighted by atomic mass is 10.2. The van der Waals surface area contributed by atoms with Gasteiger partial charge in [-0.25, -0.2) is 9.87 Å². The molecule has 0 saturated carbocycles. The molecule has 0 aliphatic carbocycles. The number of hydrogen-bond acceptors (Lipinski definition) is 3. The Bertz CT molecular complexity index is 395. The quantitative estimate of drug-likeness (QED) is 0.722. The van der Waals surface area contributed by atoms with Crippen LogP contribution in [-0.2, 0) is 9.63 Å². The molecule has 86 valence electrons. The molecule has 0 spiro atoms. The molecule has 0 atom stereocenters. The van der Waals surface area contributed by atoms with Gasteiger partial charge in [-0.15, -0.1) is 0 Å². The van der Waals surface area contributed by atoms with Gasteiger partial charge in [-0.05, 0) is 18.2 Å². The Hall–Kier alpha value is -1.95. The zero-order valence-electron chi connectivity index (χ0n) is 8.62. The van der Waals surface area contributed by atoms with Crippen LogP contribution < -0.4 is 10.8 Å². The third kappa shape index (κ3) is 3.66. The summed E-state index contributed by atoms with van der Waals surface area (Å²) in [7, 11) is 1.44. The van der Waals surface area contributed by atoms with Gasteiger partial charge < -0.3 is 5.32 Å². The van der Waals surface area contributed by atoms with Gasteiger partial charge >= 0.3 is 0 Å². The molecule has 0 unspecified atom stereocenters. The van der Waals surface area contributed by atoms with Crippen LogP contribution in [0.1, 0.15) is 10.4 Å². The molecule has 1 aromatic carbocycles. The van der Waals surface area contributed by atoms with E-state index in [9.17, 15) is 14.0 Å². The van der Waals surface area contributed by atoms with E-state index in [0.717, 1.165) is 6.07 Å². The van der Waals surface area contributed by atoms with E-state index in [1.54, 1.807) is 0 Å². The zero-order valence-corrected chi connectivity index (χ0v) is 8.62. The van der Waals surface area contributed by atoms with E-state index in [-0.39, 0.29) is 18.1 Å².